The van der Waals surface area contributed by atoms with Gasteiger partial charge in [-0.15, -0.1) is 0 Å². The third-order valence-electron chi connectivity index (χ3n) is 0.289. The van der Waals surface area contributed by atoms with Crippen molar-refractivity contribution >= 4 is 28.7 Å². The number of nitrogens with two attached hydrogens (primary N) is 1. The molecule has 0 heterocycles. The molecule has 0 aliphatic heterocycles. The molecule has 0 saturated heterocycles. The molecule has 0 amide bonds. The van der Waals surface area contributed by atoms with Crippen LogP contribution in [0, 0.1) is 0 Å². The van der Waals surface area contributed by atoms with Gasteiger partial charge in [0.25, 0.3) is 0 Å². The molecule has 0 spiro atoms. The topological polar surface area (TPSA) is 26.0 Å². The minimum atomic E-state index is 0. The van der Waals surface area contributed by atoms with Gasteiger partial charge in [-0.3, -0.25) is 0 Å². The highest BCUT2D eigenvalue weighted by Gasteiger charge is 1.55. The molecule has 0 bridgehead atoms. The zero-order valence-electron chi connectivity index (χ0n) is 4.31. The van der Waals surface area contributed by atoms with Crippen molar-refractivity contribution in [2.24, 2.45) is 5.73 Å². The van der Waals surface area contributed by atoms with Crippen molar-refractivity contribution in [1.82, 2.24) is 0 Å². The molecule has 0 aliphatic rings. The van der Waals surface area contributed by atoms with Gasteiger partial charge < -0.3 is 5.73 Å². The molecular formula is C5H13NS2. The maximum Gasteiger partial charge on any atom is 0.0297 e. The number of rotatable bonds is 1. The molecule has 0 unspecified atom stereocenters. The van der Waals surface area contributed by atoms with E-state index in [1.807, 2.05) is 4.31 Å². The summed E-state index contributed by atoms with van der Waals surface area (Å²) in [5, 5.41) is 0. The van der Waals surface area contributed by atoms with Crippen LogP contribution in [0.4, 0.5) is 0 Å². The van der Waals surface area contributed by atoms with E-state index in [1.54, 1.807) is 0 Å². The summed E-state index contributed by atoms with van der Waals surface area (Å²) in [6.45, 7) is 2.88. The maximum absolute atomic E-state index is 5.03. The second-order valence-corrected chi connectivity index (χ2v) is 1.54. The fraction of sp³-hybridized carbons (Fsp3) is 0.800. The molecule has 3 heteroatoms. The van der Waals surface area contributed by atoms with E-state index in [2.05, 4.69) is 31.4 Å². The third-order valence-corrected chi connectivity index (χ3v) is 0.289. The lowest BCUT2D eigenvalue weighted by Crippen LogP contribution is -1.93. The Labute approximate surface area is 62.3 Å². The standard InChI is InChI=1S/C3H9N.CS2.CH4/c1-2-3-4;2-1-3;/h2-4H2,1H3;;1H4. The molecule has 0 aromatic rings. The fourth-order valence-electron chi connectivity index (χ4n) is 0. The normalized spacial score (nSPS) is 4.75. The minimum absolute atomic E-state index is 0. The van der Waals surface area contributed by atoms with Gasteiger partial charge in [0.05, 0.1) is 0 Å². The van der Waals surface area contributed by atoms with Crippen molar-refractivity contribution in [2.75, 3.05) is 6.54 Å². The summed E-state index contributed by atoms with van der Waals surface area (Å²) >= 11 is 7.92. The van der Waals surface area contributed by atoms with Gasteiger partial charge in [0, 0.05) is 4.31 Å². The van der Waals surface area contributed by atoms with E-state index in [0.29, 0.717) is 0 Å². The lowest BCUT2D eigenvalue weighted by molar-refractivity contribution is 0.932. The monoisotopic (exact) mass is 151 g/mol. The number of hydrogen-bond donors (Lipinski definition) is 1. The molecular weight excluding hydrogens is 138 g/mol. The van der Waals surface area contributed by atoms with Gasteiger partial charge in [-0.1, -0.05) is 14.4 Å². The molecule has 0 atom stereocenters. The Balaban J connectivity index is -0.0000000575. The molecule has 0 radical (unpaired) electrons. The third kappa shape index (κ3) is 119. The van der Waals surface area contributed by atoms with Crippen LogP contribution in [0.5, 0.6) is 0 Å². The first-order valence-corrected chi connectivity index (χ1v) is 2.84. The molecule has 0 saturated carbocycles. The summed E-state index contributed by atoms with van der Waals surface area (Å²) in [6.07, 6.45) is 1.10. The van der Waals surface area contributed by atoms with E-state index in [9.17, 15) is 0 Å². The Morgan fingerprint density at radius 1 is 1.50 bits per heavy atom. The summed E-state index contributed by atoms with van der Waals surface area (Å²) < 4.78 is 1.92. The van der Waals surface area contributed by atoms with Crippen LogP contribution in [-0.4, -0.2) is 10.9 Å². The molecule has 0 fully saturated rings. The summed E-state index contributed by atoms with van der Waals surface area (Å²) in [7, 11) is 0. The molecule has 0 rings (SSSR count). The number of thiocarbonyl (C=S) groups is 2. The molecule has 0 aromatic carbocycles. The average Bonchev–Trinajstić information content (AvgIpc) is 1.69. The summed E-state index contributed by atoms with van der Waals surface area (Å²) in [5.41, 5.74) is 5.03. The largest absolute Gasteiger partial charge is 0.330 e. The van der Waals surface area contributed by atoms with Gasteiger partial charge in [0.2, 0.25) is 0 Å². The van der Waals surface area contributed by atoms with Crippen molar-refractivity contribution < 1.29 is 0 Å². The quantitative estimate of drug-likeness (QED) is 0.581. The van der Waals surface area contributed by atoms with E-state index < -0.39 is 0 Å². The van der Waals surface area contributed by atoms with Crippen molar-refractivity contribution in [3.63, 3.8) is 0 Å². The molecule has 0 aromatic heterocycles. The SMILES string of the molecule is C.CCCN.S=C=S. The predicted octanol–water partition coefficient (Wildman–Crippen LogP) is 2.01. The Hall–Kier alpha value is 0.180. The van der Waals surface area contributed by atoms with Crippen LogP contribution >= 0.6 is 24.4 Å². The summed E-state index contributed by atoms with van der Waals surface area (Å²) in [5.74, 6) is 0. The van der Waals surface area contributed by atoms with Gasteiger partial charge in [-0.2, -0.15) is 0 Å². The first-order valence-electron chi connectivity index (χ1n) is 2.02. The van der Waals surface area contributed by atoms with E-state index in [-0.39, 0.29) is 7.43 Å². The van der Waals surface area contributed by atoms with E-state index in [0.717, 1.165) is 13.0 Å². The van der Waals surface area contributed by atoms with Crippen LogP contribution in [0.2, 0.25) is 0 Å². The second kappa shape index (κ2) is 27.1. The van der Waals surface area contributed by atoms with Gasteiger partial charge in [0.1, 0.15) is 0 Å². The highest BCUT2D eigenvalue weighted by Crippen LogP contribution is 1.57. The van der Waals surface area contributed by atoms with Gasteiger partial charge >= 0.3 is 0 Å². The molecule has 8 heavy (non-hydrogen) atoms. The van der Waals surface area contributed by atoms with Crippen molar-refractivity contribution in [1.29, 1.82) is 0 Å². The van der Waals surface area contributed by atoms with Crippen molar-refractivity contribution in [2.45, 2.75) is 20.8 Å². The van der Waals surface area contributed by atoms with Crippen LogP contribution in [0.15, 0.2) is 0 Å². The Morgan fingerprint density at radius 2 is 1.62 bits per heavy atom. The van der Waals surface area contributed by atoms with Crippen molar-refractivity contribution in [3.05, 3.63) is 0 Å². The first-order chi connectivity index (χ1) is 3.33. The smallest absolute Gasteiger partial charge is 0.0297 e. The van der Waals surface area contributed by atoms with Gasteiger partial charge in [0.15, 0.2) is 0 Å². The summed E-state index contributed by atoms with van der Waals surface area (Å²) in [4.78, 5) is 0. The van der Waals surface area contributed by atoms with Crippen LogP contribution in [0.1, 0.15) is 20.8 Å². The molecule has 0 aliphatic carbocycles. The van der Waals surface area contributed by atoms with Crippen LogP contribution in [0.3, 0.4) is 0 Å². The second-order valence-electron chi connectivity index (χ2n) is 0.872. The predicted molar refractivity (Wildman–Crippen MR) is 46.3 cm³/mol. The Bertz CT molecular complexity index is 46.4. The van der Waals surface area contributed by atoms with Gasteiger partial charge in [-0.05, 0) is 37.4 Å². The lowest BCUT2D eigenvalue weighted by Gasteiger charge is -1.70. The highest BCUT2D eigenvalue weighted by atomic mass is 32.1. The summed E-state index contributed by atoms with van der Waals surface area (Å²) in [6, 6.07) is 0. The Kier molecular flexibility index (Phi) is 53.3. The van der Waals surface area contributed by atoms with Crippen LogP contribution in [0.25, 0.3) is 0 Å². The van der Waals surface area contributed by atoms with Crippen LogP contribution < -0.4 is 5.73 Å². The van der Waals surface area contributed by atoms with Crippen LogP contribution in [-0.2, 0) is 0 Å². The fourth-order valence-corrected chi connectivity index (χ4v) is 0. The average molecular weight is 151 g/mol. The zero-order chi connectivity index (χ0) is 6.12. The number of hydrogen-bond acceptors (Lipinski definition) is 3. The molecule has 2 N–H and O–H groups in total. The minimum Gasteiger partial charge on any atom is -0.330 e. The highest BCUT2D eigenvalue weighted by molar-refractivity contribution is 7.93. The van der Waals surface area contributed by atoms with Crippen molar-refractivity contribution in [3.8, 4) is 0 Å². The zero-order valence-corrected chi connectivity index (χ0v) is 5.94. The maximum atomic E-state index is 5.03. The lowest BCUT2D eigenvalue weighted by atomic mass is 10.5. The Morgan fingerprint density at radius 3 is 1.62 bits per heavy atom. The molecule has 50 valence electrons. The van der Waals surface area contributed by atoms with Gasteiger partial charge in [-0.25, -0.2) is 0 Å². The molecule has 1 nitrogen and oxygen atoms in total. The van der Waals surface area contributed by atoms with E-state index in [1.165, 1.54) is 0 Å². The first kappa shape index (κ1) is 15.7. The van der Waals surface area contributed by atoms with E-state index >= 15 is 0 Å². The van der Waals surface area contributed by atoms with E-state index in [4.69, 9.17) is 5.73 Å².